The number of rotatable bonds is 9. The second kappa shape index (κ2) is 9.50. The Hall–Kier alpha value is -2.63. The molecule has 0 unspecified atom stereocenters. The molecule has 0 aliphatic carbocycles. The topological polar surface area (TPSA) is 54.0 Å². The summed E-state index contributed by atoms with van der Waals surface area (Å²) < 4.78 is 21.1. The molecule has 0 heterocycles. The molecule has 0 saturated heterocycles. The van der Waals surface area contributed by atoms with Gasteiger partial charge in [0.1, 0.15) is 0 Å². The number of ether oxygens (including phenoxy) is 4. The maximum absolute atomic E-state index is 12.9. The first kappa shape index (κ1) is 17.7. The molecular weight excluding hydrogens is 308 g/mol. The van der Waals surface area contributed by atoms with Gasteiger partial charge in [0, 0.05) is 25.3 Å². The minimum absolute atomic E-state index is 0.00780. The highest BCUT2D eigenvalue weighted by Crippen LogP contribution is 2.24. The SMILES string of the molecule is COCO/C(C(=O)c1ccccc1)=C(/OCOC)c1ccccc1. The highest BCUT2D eigenvalue weighted by Gasteiger charge is 2.22. The summed E-state index contributed by atoms with van der Waals surface area (Å²) in [6, 6.07) is 18.1. The van der Waals surface area contributed by atoms with E-state index in [1.807, 2.05) is 36.4 Å². The van der Waals surface area contributed by atoms with Gasteiger partial charge in [-0.3, -0.25) is 4.79 Å². The van der Waals surface area contributed by atoms with Crippen molar-refractivity contribution in [3.8, 4) is 0 Å². The van der Waals surface area contributed by atoms with Gasteiger partial charge in [0.2, 0.25) is 11.5 Å². The van der Waals surface area contributed by atoms with E-state index in [0.717, 1.165) is 0 Å². The molecule has 0 saturated carbocycles. The predicted octanol–water partition coefficient (Wildman–Crippen LogP) is 3.48. The first-order valence-corrected chi connectivity index (χ1v) is 7.40. The Morgan fingerprint density at radius 1 is 0.750 bits per heavy atom. The molecule has 0 aliphatic rings. The van der Waals surface area contributed by atoms with Crippen LogP contribution in [0.4, 0.5) is 0 Å². The minimum atomic E-state index is -0.289. The summed E-state index contributed by atoms with van der Waals surface area (Å²) in [7, 11) is 3.00. The first-order valence-electron chi connectivity index (χ1n) is 7.40. The summed E-state index contributed by atoms with van der Waals surface area (Å²) in [6.45, 7) is -0.0767. The summed E-state index contributed by atoms with van der Waals surface area (Å²) in [5.74, 6) is 0.0947. The van der Waals surface area contributed by atoms with Crippen molar-refractivity contribution in [2.24, 2.45) is 0 Å². The maximum atomic E-state index is 12.9. The van der Waals surface area contributed by atoms with Crippen LogP contribution in [0.3, 0.4) is 0 Å². The Morgan fingerprint density at radius 3 is 1.79 bits per heavy atom. The summed E-state index contributed by atoms with van der Waals surface area (Å²) in [5.41, 5.74) is 1.21. The third kappa shape index (κ3) is 4.68. The van der Waals surface area contributed by atoms with Crippen LogP contribution in [0.1, 0.15) is 15.9 Å². The average molecular weight is 328 g/mol. The normalized spacial score (nSPS) is 11.6. The summed E-state index contributed by atoms with van der Waals surface area (Å²) >= 11 is 0. The van der Waals surface area contributed by atoms with Gasteiger partial charge in [-0.25, -0.2) is 0 Å². The van der Waals surface area contributed by atoms with Crippen LogP contribution in [-0.4, -0.2) is 33.6 Å². The van der Waals surface area contributed by atoms with E-state index < -0.39 is 0 Å². The number of benzene rings is 2. The Morgan fingerprint density at radius 2 is 1.25 bits per heavy atom. The number of ketones is 1. The van der Waals surface area contributed by atoms with Crippen LogP contribution in [0, 0.1) is 0 Å². The van der Waals surface area contributed by atoms with Gasteiger partial charge in [-0.1, -0.05) is 60.7 Å². The van der Waals surface area contributed by atoms with E-state index in [0.29, 0.717) is 16.9 Å². The second-order valence-electron chi connectivity index (χ2n) is 4.82. The fourth-order valence-corrected chi connectivity index (χ4v) is 2.06. The van der Waals surface area contributed by atoms with Crippen molar-refractivity contribution in [1.82, 2.24) is 0 Å². The van der Waals surface area contributed by atoms with Gasteiger partial charge in [-0.15, -0.1) is 0 Å². The maximum Gasteiger partial charge on any atom is 0.231 e. The molecule has 0 atom stereocenters. The Labute approximate surface area is 141 Å². The molecule has 2 rings (SSSR count). The van der Waals surface area contributed by atoms with Crippen LogP contribution in [0.2, 0.25) is 0 Å². The third-order valence-corrected chi connectivity index (χ3v) is 3.13. The van der Waals surface area contributed by atoms with Crippen LogP contribution in [0.5, 0.6) is 0 Å². The highest BCUT2D eigenvalue weighted by molar-refractivity contribution is 6.11. The molecule has 126 valence electrons. The van der Waals surface area contributed by atoms with Gasteiger partial charge in [0.15, 0.2) is 19.3 Å². The van der Waals surface area contributed by atoms with E-state index in [9.17, 15) is 4.79 Å². The van der Waals surface area contributed by atoms with Gasteiger partial charge in [0.25, 0.3) is 0 Å². The molecule has 2 aromatic carbocycles. The van der Waals surface area contributed by atoms with Crippen LogP contribution in [-0.2, 0) is 18.9 Å². The lowest BCUT2D eigenvalue weighted by molar-refractivity contribution is -0.00461. The van der Waals surface area contributed by atoms with E-state index in [4.69, 9.17) is 18.9 Å². The van der Waals surface area contributed by atoms with Crippen molar-refractivity contribution in [3.05, 3.63) is 77.5 Å². The molecule has 0 N–H and O–H groups in total. The van der Waals surface area contributed by atoms with E-state index >= 15 is 0 Å². The van der Waals surface area contributed by atoms with Crippen molar-refractivity contribution in [1.29, 1.82) is 0 Å². The Kier molecular flexibility index (Phi) is 7.01. The summed E-state index contributed by atoms with van der Waals surface area (Å²) in [6.07, 6.45) is 0. The largest absolute Gasteiger partial charge is 0.463 e. The fourth-order valence-electron chi connectivity index (χ4n) is 2.06. The van der Waals surface area contributed by atoms with Gasteiger partial charge in [-0.05, 0) is 0 Å². The lowest BCUT2D eigenvalue weighted by Crippen LogP contribution is -2.13. The van der Waals surface area contributed by atoms with Gasteiger partial charge < -0.3 is 18.9 Å². The number of allylic oxidation sites excluding steroid dienone is 1. The lowest BCUT2D eigenvalue weighted by atomic mass is 10.1. The molecule has 0 aliphatic heterocycles. The zero-order chi connectivity index (χ0) is 17.2. The van der Waals surface area contributed by atoms with Gasteiger partial charge in [0.05, 0.1) is 0 Å². The zero-order valence-corrected chi connectivity index (χ0v) is 13.7. The van der Waals surface area contributed by atoms with Crippen molar-refractivity contribution in [3.63, 3.8) is 0 Å². The average Bonchev–Trinajstić information content (AvgIpc) is 2.65. The molecule has 5 heteroatoms. The molecule has 0 spiro atoms. The Bertz CT molecular complexity index is 665. The minimum Gasteiger partial charge on any atom is -0.463 e. The quantitative estimate of drug-likeness (QED) is 0.305. The number of methoxy groups -OCH3 is 2. The van der Waals surface area contributed by atoms with E-state index in [1.54, 1.807) is 24.3 Å². The fraction of sp³-hybridized carbons (Fsp3) is 0.211. The summed E-state index contributed by atoms with van der Waals surface area (Å²) in [4.78, 5) is 12.9. The van der Waals surface area contributed by atoms with Gasteiger partial charge in [-0.2, -0.15) is 0 Å². The molecule has 0 fully saturated rings. The molecule has 0 aromatic heterocycles. The molecule has 24 heavy (non-hydrogen) atoms. The van der Waals surface area contributed by atoms with Crippen LogP contribution in [0.15, 0.2) is 66.4 Å². The molecule has 2 aromatic rings. The molecular formula is C19H20O5. The summed E-state index contributed by atoms with van der Waals surface area (Å²) in [5, 5.41) is 0. The first-order chi connectivity index (χ1) is 11.8. The highest BCUT2D eigenvalue weighted by atomic mass is 16.7. The Balaban J connectivity index is 2.49. The molecule has 0 radical (unpaired) electrons. The van der Waals surface area contributed by atoms with Crippen LogP contribution < -0.4 is 0 Å². The molecule has 0 bridgehead atoms. The number of Topliss-reactive ketones (excluding diaryl/α,β-unsaturated/α-hetero) is 1. The third-order valence-electron chi connectivity index (χ3n) is 3.13. The second-order valence-corrected chi connectivity index (χ2v) is 4.82. The van der Waals surface area contributed by atoms with Crippen molar-refractivity contribution in [2.75, 3.05) is 27.8 Å². The smallest absolute Gasteiger partial charge is 0.231 e. The van der Waals surface area contributed by atoms with Gasteiger partial charge >= 0.3 is 0 Å². The van der Waals surface area contributed by atoms with E-state index in [2.05, 4.69) is 0 Å². The number of hydrogen-bond acceptors (Lipinski definition) is 5. The predicted molar refractivity (Wildman–Crippen MR) is 90.1 cm³/mol. The van der Waals surface area contributed by atoms with Crippen LogP contribution in [0.25, 0.3) is 5.76 Å². The number of hydrogen-bond donors (Lipinski definition) is 0. The number of carbonyl (C=O) groups is 1. The standard InChI is InChI=1S/C19H20O5/c1-21-13-23-18(16-11-7-4-8-12-16)19(24-14-22-2)17(20)15-9-5-3-6-10-15/h3-12H,13-14H2,1-2H3/b19-18+. The van der Waals surface area contributed by atoms with E-state index in [-0.39, 0.29) is 25.1 Å². The zero-order valence-electron chi connectivity index (χ0n) is 13.7. The molecule has 0 amide bonds. The van der Waals surface area contributed by atoms with E-state index in [1.165, 1.54) is 14.2 Å². The number of carbonyl (C=O) groups excluding carboxylic acids is 1. The lowest BCUT2D eigenvalue weighted by Gasteiger charge is -2.16. The van der Waals surface area contributed by atoms with Crippen molar-refractivity contribution in [2.45, 2.75) is 0 Å². The van der Waals surface area contributed by atoms with Crippen molar-refractivity contribution < 1.29 is 23.7 Å². The van der Waals surface area contributed by atoms with Crippen LogP contribution >= 0.6 is 0 Å². The molecule has 5 nitrogen and oxygen atoms in total. The monoisotopic (exact) mass is 328 g/mol. The van der Waals surface area contributed by atoms with Crippen molar-refractivity contribution >= 4 is 11.5 Å².